The highest BCUT2D eigenvalue weighted by Crippen LogP contribution is 2.39. The third-order valence-electron chi connectivity index (χ3n) is 8.21. The number of nitrogens with zero attached hydrogens (tertiary/aromatic N) is 3. The average molecular weight is 586 g/mol. The number of allylic oxidation sites excluding steroid dienone is 1. The molecule has 1 fully saturated rings. The molecule has 3 heterocycles. The minimum absolute atomic E-state index is 0.0289. The van der Waals surface area contributed by atoms with Gasteiger partial charge in [0.1, 0.15) is 0 Å². The number of benzene rings is 1. The molecule has 1 amide bonds. The number of aromatic nitrogens is 2. The second-order valence-electron chi connectivity index (χ2n) is 10.9. The van der Waals surface area contributed by atoms with Crippen LogP contribution in [0.5, 0.6) is 0 Å². The second-order valence-corrected chi connectivity index (χ2v) is 10.9. The van der Waals surface area contributed by atoms with Gasteiger partial charge in [0.2, 0.25) is 6.29 Å². The summed E-state index contributed by atoms with van der Waals surface area (Å²) >= 11 is 0. The zero-order valence-corrected chi connectivity index (χ0v) is 25.3. The Hall–Kier alpha value is -2.92. The summed E-state index contributed by atoms with van der Waals surface area (Å²) in [6, 6.07) is 9.57. The third-order valence-corrected chi connectivity index (χ3v) is 8.21. The number of rotatable bonds is 13. The molecule has 42 heavy (non-hydrogen) atoms. The first kappa shape index (κ1) is 32.0. The van der Waals surface area contributed by atoms with Gasteiger partial charge in [0, 0.05) is 56.4 Å². The summed E-state index contributed by atoms with van der Waals surface area (Å²) < 4.78 is 27.1. The zero-order valence-electron chi connectivity index (χ0n) is 25.3. The summed E-state index contributed by atoms with van der Waals surface area (Å²) in [7, 11) is 1.88. The molecule has 1 N–H and O–H groups in total. The fourth-order valence-electron chi connectivity index (χ4n) is 5.95. The van der Waals surface area contributed by atoms with Crippen molar-refractivity contribution in [3.05, 3.63) is 63.8 Å². The molecule has 0 bridgehead atoms. The van der Waals surface area contributed by atoms with Gasteiger partial charge in [0.15, 0.2) is 5.76 Å². The lowest BCUT2D eigenvalue weighted by Crippen LogP contribution is -2.42. The molecular formula is C32H47N3O7. The smallest absolute Gasteiger partial charge is 0.288 e. The number of carbonyl (C=O) groups excluding carboxylic acids is 1. The van der Waals surface area contributed by atoms with Crippen LogP contribution < -0.4 is 5.56 Å². The molecule has 0 spiro atoms. The largest absolute Gasteiger partial charge is 0.459 e. The van der Waals surface area contributed by atoms with Crippen molar-refractivity contribution in [2.75, 3.05) is 52.7 Å². The Labute approximate surface area is 248 Å². The van der Waals surface area contributed by atoms with Crippen molar-refractivity contribution in [1.29, 1.82) is 0 Å². The van der Waals surface area contributed by atoms with Gasteiger partial charge in [0.05, 0.1) is 32.1 Å². The van der Waals surface area contributed by atoms with Gasteiger partial charge in [-0.3, -0.25) is 14.3 Å². The monoisotopic (exact) mass is 585 g/mol. The van der Waals surface area contributed by atoms with Gasteiger partial charge in [-0.05, 0) is 51.3 Å². The number of para-hydroxylation sites is 1. The van der Waals surface area contributed by atoms with E-state index in [0.717, 1.165) is 37.1 Å². The van der Waals surface area contributed by atoms with E-state index in [2.05, 4.69) is 0 Å². The first-order chi connectivity index (χ1) is 20.5. The molecule has 3 atom stereocenters. The number of likely N-dealkylation sites (tertiary alicyclic amines) is 1. The molecule has 232 valence electrons. The fourth-order valence-corrected chi connectivity index (χ4v) is 5.95. The second kappa shape index (κ2) is 16.1. The molecule has 1 saturated heterocycles. The predicted octanol–water partition coefficient (Wildman–Crippen LogP) is 3.67. The molecular weight excluding hydrogens is 538 g/mol. The van der Waals surface area contributed by atoms with Crippen LogP contribution in [0.4, 0.5) is 0 Å². The Bertz CT molecular complexity index is 1210. The summed E-state index contributed by atoms with van der Waals surface area (Å²) in [6.45, 7) is 7.06. The zero-order chi connectivity index (χ0) is 29.9. The van der Waals surface area contributed by atoms with Crippen LogP contribution in [0, 0.1) is 12.8 Å². The number of hydrogen-bond acceptors (Lipinski definition) is 7. The molecule has 0 unspecified atom stereocenters. The molecule has 0 aliphatic carbocycles. The van der Waals surface area contributed by atoms with Crippen LogP contribution >= 0.6 is 0 Å². The molecule has 0 saturated carbocycles. The molecule has 10 heteroatoms. The van der Waals surface area contributed by atoms with Crippen LogP contribution in [0.2, 0.25) is 0 Å². The first-order valence-corrected chi connectivity index (χ1v) is 15.4. The van der Waals surface area contributed by atoms with E-state index in [-0.39, 0.29) is 36.4 Å². The normalized spacial score (nSPS) is 21.4. The maximum Gasteiger partial charge on any atom is 0.288 e. The number of aliphatic hydroxyl groups is 1. The fraction of sp³-hybridized carbons (Fsp3) is 0.625. The van der Waals surface area contributed by atoms with Crippen molar-refractivity contribution in [2.45, 2.75) is 64.6 Å². The van der Waals surface area contributed by atoms with Crippen LogP contribution in [0.25, 0.3) is 5.69 Å². The Morgan fingerprint density at radius 3 is 2.33 bits per heavy atom. The van der Waals surface area contributed by atoms with Crippen LogP contribution in [0.15, 0.2) is 47.0 Å². The number of aliphatic hydroxyl groups excluding tert-OH is 1. The van der Waals surface area contributed by atoms with Crippen molar-refractivity contribution < 1.29 is 28.8 Å². The minimum atomic E-state index is -0.711. The lowest BCUT2D eigenvalue weighted by molar-refractivity contribution is -0.172. The van der Waals surface area contributed by atoms with E-state index in [1.165, 1.54) is 6.42 Å². The van der Waals surface area contributed by atoms with Crippen molar-refractivity contribution in [3.63, 3.8) is 0 Å². The Morgan fingerprint density at radius 1 is 1.00 bits per heavy atom. The SMILES string of the molecule is CCO[C@@H]1OC(C(=O)N2CCCCCCC2)=C[C@H](c2c(C)n(C)n(-c3ccccc3)c2=O)[C@@H]1CCOCCOCCO. The maximum atomic E-state index is 14.1. The molecule has 2 aliphatic rings. The van der Waals surface area contributed by atoms with E-state index in [1.807, 2.05) is 66.9 Å². The number of carbonyl (C=O) groups is 1. The summed E-state index contributed by atoms with van der Waals surface area (Å²) in [6.07, 6.45) is 7.07. The number of ether oxygens (including phenoxy) is 4. The van der Waals surface area contributed by atoms with Gasteiger partial charge < -0.3 is 29.0 Å². The number of amides is 1. The maximum absolute atomic E-state index is 14.1. The van der Waals surface area contributed by atoms with Crippen molar-refractivity contribution in [2.24, 2.45) is 13.0 Å². The van der Waals surface area contributed by atoms with E-state index in [4.69, 9.17) is 24.1 Å². The van der Waals surface area contributed by atoms with Gasteiger partial charge >= 0.3 is 0 Å². The standard InChI is InChI=1S/C32H47N3O7/c1-4-41-32-26(15-19-39-21-22-40-20-18-36)27(23-28(42-32)30(37)34-16-11-6-5-7-12-17-34)29-24(2)33(3)35(31(29)38)25-13-9-8-10-14-25/h8-10,13-14,23,26-27,32,36H,4-7,11-12,15-22H2,1-3H3/t26-,27-,32+/m0/s1. The van der Waals surface area contributed by atoms with Crippen LogP contribution in [0.1, 0.15) is 62.6 Å². The molecule has 1 aromatic carbocycles. The highest BCUT2D eigenvalue weighted by Gasteiger charge is 2.41. The highest BCUT2D eigenvalue weighted by molar-refractivity contribution is 5.91. The van der Waals surface area contributed by atoms with Gasteiger partial charge in [-0.15, -0.1) is 0 Å². The molecule has 0 radical (unpaired) electrons. The first-order valence-electron chi connectivity index (χ1n) is 15.4. The highest BCUT2D eigenvalue weighted by atomic mass is 16.7. The summed E-state index contributed by atoms with van der Waals surface area (Å²) in [5.41, 5.74) is 2.10. The van der Waals surface area contributed by atoms with Crippen LogP contribution in [-0.4, -0.2) is 84.3 Å². The molecule has 4 rings (SSSR count). The summed E-state index contributed by atoms with van der Waals surface area (Å²) in [4.78, 5) is 29.8. The Balaban J connectivity index is 1.70. The lowest BCUT2D eigenvalue weighted by atomic mass is 9.81. The van der Waals surface area contributed by atoms with Gasteiger partial charge in [0.25, 0.3) is 11.5 Å². The van der Waals surface area contributed by atoms with Gasteiger partial charge in [-0.1, -0.05) is 37.5 Å². The van der Waals surface area contributed by atoms with E-state index in [1.54, 1.807) is 4.68 Å². The van der Waals surface area contributed by atoms with Crippen molar-refractivity contribution in [1.82, 2.24) is 14.3 Å². The van der Waals surface area contributed by atoms with Crippen molar-refractivity contribution in [3.8, 4) is 5.69 Å². The quantitative estimate of drug-likeness (QED) is 0.358. The van der Waals surface area contributed by atoms with E-state index in [9.17, 15) is 9.59 Å². The summed E-state index contributed by atoms with van der Waals surface area (Å²) in [5.74, 6) is -0.561. The van der Waals surface area contributed by atoms with Gasteiger partial charge in [-0.2, -0.15) is 0 Å². The average Bonchev–Trinajstić information content (AvgIpc) is 3.20. The van der Waals surface area contributed by atoms with Crippen molar-refractivity contribution >= 4 is 5.91 Å². The van der Waals surface area contributed by atoms with Crippen LogP contribution in [0.3, 0.4) is 0 Å². The molecule has 2 aliphatic heterocycles. The molecule has 10 nitrogen and oxygen atoms in total. The predicted molar refractivity (Wildman–Crippen MR) is 160 cm³/mol. The molecule has 2 aromatic rings. The minimum Gasteiger partial charge on any atom is -0.459 e. The molecule has 1 aromatic heterocycles. The van der Waals surface area contributed by atoms with E-state index in [0.29, 0.717) is 51.5 Å². The van der Waals surface area contributed by atoms with Crippen LogP contribution in [-0.2, 0) is 30.8 Å². The third kappa shape index (κ3) is 7.72. The lowest BCUT2D eigenvalue weighted by Gasteiger charge is -2.37. The topological polar surface area (TPSA) is 104 Å². The van der Waals surface area contributed by atoms with E-state index >= 15 is 0 Å². The summed E-state index contributed by atoms with van der Waals surface area (Å²) in [5, 5.41) is 8.91. The number of hydrogen-bond donors (Lipinski definition) is 1. The Kier molecular flexibility index (Phi) is 12.2. The Morgan fingerprint density at radius 2 is 1.67 bits per heavy atom. The van der Waals surface area contributed by atoms with Gasteiger partial charge in [-0.25, -0.2) is 4.68 Å². The van der Waals surface area contributed by atoms with E-state index < -0.39 is 12.2 Å².